The minimum Gasteiger partial charge on any atom is -0.379 e. The molecule has 8 unspecified atom stereocenters. The average molecular weight is 563 g/mol. The van der Waals surface area contributed by atoms with Crippen LogP contribution in [0.4, 0.5) is 0 Å². The Kier molecular flexibility index (Phi) is 11.4. The van der Waals surface area contributed by atoms with Gasteiger partial charge in [0.25, 0.3) is 0 Å². The van der Waals surface area contributed by atoms with Crippen LogP contribution in [0.5, 0.6) is 0 Å². The van der Waals surface area contributed by atoms with Gasteiger partial charge in [-0.1, -0.05) is 72.8 Å². The number of hydrogen-bond acceptors (Lipinski definition) is 5. The van der Waals surface area contributed by atoms with E-state index in [1.54, 1.807) is 28.4 Å². The van der Waals surface area contributed by atoms with E-state index in [0.717, 1.165) is 38.5 Å². The fourth-order valence-electron chi connectivity index (χ4n) is 6.94. The Hall–Kier alpha value is -2.28. The Labute approximate surface area is 247 Å². The molecule has 0 radical (unpaired) electrons. The molecule has 224 valence electrons. The molecule has 4 rings (SSSR count). The zero-order valence-electron chi connectivity index (χ0n) is 25.9. The molecule has 2 saturated carbocycles. The van der Waals surface area contributed by atoms with Crippen molar-refractivity contribution in [1.29, 1.82) is 0 Å². The molecule has 2 aliphatic carbocycles. The lowest BCUT2D eigenvalue weighted by atomic mass is 9.74. The van der Waals surface area contributed by atoms with Crippen LogP contribution in [0.25, 0.3) is 0 Å². The maximum absolute atomic E-state index is 7.19. The van der Waals surface area contributed by atoms with Crippen molar-refractivity contribution in [2.75, 3.05) is 28.4 Å². The van der Waals surface area contributed by atoms with Crippen LogP contribution >= 0.6 is 0 Å². The molecule has 5 heteroatoms. The second-order valence-corrected chi connectivity index (χ2v) is 12.0. The van der Waals surface area contributed by atoms with E-state index in [2.05, 4.69) is 75.5 Å². The monoisotopic (exact) mass is 562 g/mol. The van der Waals surface area contributed by atoms with Crippen molar-refractivity contribution in [3.8, 4) is 0 Å². The lowest BCUT2D eigenvalue weighted by Crippen LogP contribution is -2.51. The molecule has 2 fully saturated rings. The van der Waals surface area contributed by atoms with Crippen LogP contribution in [-0.4, -0.2) is 65.1 Å². The minimum absolute atomic E-state index is 0.00115. The third-order valence-electron chi connectivity index (χ3n) is 9.60. The number of rotatable bonds is 12. The van der Waals surface area contributed by atoms with E-state index in [1.807, 2.05) is 0 Å². The van der Waals surface area contributed by atoms with Crippen LogP contribution in [0.15, 0.2) is 72.8 Å². The van der Waals surface area contributed by atoms with E-state index >= 15 is 0 Å². The molecule has 0 saturated heterocycles. The predicted molar refractivity (Wildman–Crippen MR) is 165 cm³/mol. The Morgan fingerprint density at radius 3 is 1.24 bits per heavy atom. The normalized spacial score (nSPS) is 30.2. The van der Waals surface area contributed by atoms with E-state index in [-0.39, 0.29) is 48.5 Å². The quantitative estimate of drug-likeness (QED) is 0.265. The van der Waals surface area contributed by atoms with Crippen LogP contribution in [0.3, 0.4) is 0 Å². The third-order valence-corrected chi connectivity index (χ3v) is 9.60. The number of aryl methyl sites for hydroxylation is 2. The summed E-state index contributed by atoms with van der Waals surface area (Å²) in [5.41, 5.74) is 7.56. The molecule has 0 aromatic heterocycles. The van der Waals surface area contributed by atoms with Gasteiger partial charge in [0.1, 0.15) is 0 Å². The van der Waals surface area contributed by atoms with Crippen LogP contribution in [0.2, 0.25) is 0 Å². The lowest BCUT2D eigenvalue weighted by Gasteiger charge is -2.46. The van der Waals surface area contributed by atoms with Gasteiger partial charge in [0, 0.05) is 53.1 Å². The summed E-state index contributed by atoms with van der Waals surface area (Å²) in [6, 6.07) is 17.1. The van der Waals surface area contributed by atoms with E-state index in [4.69, 9.17) is 23.7 Å². The molecule has 41 heavy (non-hydrogen) atoms. The van der Waals surface area contributed by atoms with Gasteiger partial charge in [-0.2, -0.15) is 0 Å². The smallest absolute Gasteiger partial charge is 0.0857 e. The van der Waals surface area contributed by atoms with Gasteiger partial charge in [0.15, 0.2) is 0 Å². The highest BCUT2D eigenvalue weighted by Crippen LogP contribution is 2.41. The van der Waals surface area contributed by atoms with Crippen molar-refractivity contribution in [3.05, 3.63) is 95.1 Å². The van der Waals surface area contributed by atoms with Crippen molar-refractivity contribution in [2.45, 2.75) is 89.0 Å². The summed E-state index contributed by atoms with van der Waals surface area (Å²) in [7, 11) is 7.10. The highest BCUT2D eigenvalue weighted by Gasteiger charge is 2.45. The van der Waals surface area contributed by atoms with E-state index in [9.17, 15) is 0 Å². The van der Waals surface area contributed by atoms with Gasteiger partial charge in [0.2, 0.25) is 0 Å². The summed E-state index contributed by atoms with van der Waals surface area (Å²) < 4.78 is 30.9. The van der Waals surface area contributed by atoms with Gasteiger partial charge in [-0.25, -0.2) is 0 Å². The van der Waals surface area contributed by atoms with Gasteiger partial charge in [-0.05, 0) is 61.8 Å². The van der Waals surface area contributed by atoms with Crippen molar-refractivity contribution in [3.63, 3.8) is 0 Å². The first kappa shape index (κ1) is 31.7. The number of hydrogen-bond donors (Lipinski definition) is 0. The summed E-state index contributed by atoms with van der Waals surface area (Å²) in [5, 5.41) is 0. The van der Waals surface area contributed by atoms with Crippen molar-refractivity contribution < 1.29 is 23.7 Å². The molecule has 0 bridgehead atoms. The first-order valence-corrected chi connectivity index (χ1v) is 15.0. The standard InChI is InChI=1S/C36H50O5/c1-23-13-9-11-15-27(23)17-25(3)29-19-33(37-5)35(39-7)21-31(29)41-32-22-36(40-8)34(38-6)20-30(32)26(4)18-28-16-12-10-14-24(28)2/h9-16,29-36H,3-4,17-22H2,1-2,5-8H3. The van der Waals surface area contributed by atoms with E-state index in [0.29, 0.717) is 0 Å². The molecule has 8 atom stereocenters. The van der Waals surface area contributed by atoms with E-state index < -0.39 is 0 Å². The fraction of sp³-hybridized carbons (Fsp3) is 0.556. The number of methoxy groups -OCH3 is 4. The molecule has 0 amide bonds. The largest absolute Gasteiger partial charge is 0.379 e. The molecule has 0 aliphatic heterocycles. The SMILES string of the molecule is C=C(Cc1ccccc1C)C1CC(OC)C(OC)CC1OC1CC(OC)C(OC)CC1C(=C)Cc1ccccc1C. The Bertz CT molecular complexity index is 1070. The van der Waals surface area contributed by atoms with Crippen molar-refractivity contribution >= 4 is 0 Å². The van der Waals surface area contributed by atoms with Crippen LogP contribution in [0.1, 0.15) is 47.9 Å². The second kappa shape index (κ2) is 14.8. The summed E-state index contributed by atoms with van der Waals surface area (Å²) in [6.45, 7) is 13.6. The molecule has 0 N–H and O–H groups in total. The number of benzene rings is 2. The van der Waals surface area contributed by atoms with Crippen LogP contribution in [0, 0.1) is 25.7 Å². The number of ether oxygens (including phenoxy) is 5. The van der Waals surface area contributed by atoms with Crippen molar-refractivity contribution in [1.82, 2.24) is 0 Å². The van der Waals surface area contributed by atoms with Crippen LogP contribution in [-0.2, 0) is 36.5 Å². The Balaban J connectivity index is 1.60. The Morgan fingerprint density at radius 1 is 0.561 bits per heavy atom. The van der Waals surface area contributed by atoms with Gasteiger partial charge in [0.05, 0.1) is 36.6 Å². The molecule has 0 spiro atoms. The fourth-order valence-corrected chi connectivity index (χ4v) is 6.94. The zero-order valence-corrected chi connectivity index (χ0v) is 25.9. The maximum atomic E-state index is 7.19. The first-order valence-electron chi connectivity index (χ1n) is 15.0. The zero-order chi connectivity index (χ0) is 29.5. The molecule has 0 heterocycles. The second-order valence-electron chi connectivity index (χ2n) is 12.0. The summed E-state index contributed by atoms with van der Waals surface area (Å²) in [4.78, 5) is 0. The third kappa shape index (κ3) is 7.57. The van der Waals surface area contributed by atoms with Gasteiger partial charge in [-0.3, -0.25) is 0 Å². The minimum atomic E-state index is -0.0433. The molecule has 2 aromatic carbocycles. The van der Waals surface area contributed by atoms with Gasteiger partial charge >= 0.3 is 0 Å². The van der Waals surface area contributed by atoms with Gasteiger partial charge in [-0.15, -0.1) is 0 Å². The predicted octanol–water partition coefficient (Wildman–Crippen LogP) is 6.83. The maximum Gasteiger partial charge on any atom is 0.0857 e. The molecular formula is C36H50O5. The van der Waals surface area contributed by atoms with E-state index in [1.165, 1.54) is 33.4 Å². The highest BCUT2D eigenvalue weighted by atomic mass is 16.5. The topological polar surface area (TPSA) is 46.2 Å². The first-order chi connectivity index (χ1) is 19.8. The molecule has 2 aliphatic rings. The molecular weight excluding hydrogens is 512 g/mol. The summed E-state index contributed by atoms with van der Waals surface area (Å²) >= 11 is 0. The highest BCUT2D eigenvalue weighted by molar-refractivity contribution is 5.31. The lowest BCUT2D eigenvalue weighted by molar-refractivity contribution is -0.170. The molecule has 2 aromatic rings. The average Bonchev–Trinajstić information content (AvgIpc) is 2.98. The summed E-state index contributed by atoms with van der Waals surface area (Å²) in [5.74, 6) is 0.301. The Morgan fingerprint density at radius 2 is 0.902 bits per heavy atom. The van der Waals surface area contributed by atoms with Crippen molar-refractivity contribution in [2.24, 2.45) is 11.8 Å². The van der Waals surface area contributed by atoms with Gasteiger partial charge < -0.3 is 23.7 Å². The summed E-state index contributed by atoms with van der Waals surface area (Å²) in [6.07, 6.45) is 4.65. The van der Waals surface area contributed by atoms with Crippen LogP contribution < -0.4 is 0 Å². The molecule has 5 nitrogen and oxygen atoms in total.